The summed E-state index contributed by atoms with van der Waals surface area (Å²) in [5, 5.41) is 14.0. The Balaban J connectivity index is 1.02. The maximum atomic E-state index is 16.2. The van der Waals surface area contributed by atoms with E-state index < -0.39 is 34.7 Å². The number of aromatic nitrogens is 10. The van der Waals surface area contributed by atoms with E-state index in [1.807, 2.05) is 28.7 Å². The maximum absolute atomic E-state index is 16.2. The number of ether oxygens (including phenoxy) is 1. The summed E-state index contributed by atoms with van der Waals surface area (Å²) >= 11 is 0. The first-order valence-electron chi connectivity index (χ1n) is 22.6. The van der Waals surface area contributed by atoms with Crippen LogP contribution in [0.2, 0.25) is 0 Å². The molecular formula is C48H46F3N11O5. The van der Waals surface area contributed by atoms with Crippen molar-refractivity contribution in [2.24, 2.45) is 13.0 Å². The number of aromatic amines is 1. The van der Waals surface area contributed by atoms with Crippen LogP contribution in [0.3, 0.4) is 0 Å². The molecule has 19 heteroatoms. The summed E-state index contributed by atoms with van der Waals surface area (Å²) in [6.07, 6.45) is 9.51. The number of benzene rings is 2. The van der Waals surface area contributed by atoms with Gasteiger partial charge in [-0.05, 0) is 101 Å². The number of rotatable bonds is 7. The average Bonchev–Trinajstić information content (AvgIpc) is 4.00. The van der Waals surface area contributed by atoms with Gasteiger partial charge in [-0.3, -0.25) is 33.1 Å². The molecule has 6 aromatic heterocycles. The Hall–Kier alpha value is -7.02. The normalized spacial score (nSPS) is 23.1. The van der Waals surface area contributed by atoms with E-state index in [2.05, 4.69) is 35.2 Å². The Morgan fingerprint density at radius 3 is 2.42 bits per heavy atom. The molecule has 0 unspecified atom stereocenters. The van der Waals surface area contributed by atoms with Gasteiger partial charge in [-0.2, -0.15) is 10.2 Å². The first-order valence-corrected chi connectivity index (χ1v) is 22.6. The van der Waals surface area contributed by atoms with Crippen LogP contribution in [0.1, 0.15) is 109 Å². The minimum Gasteiger partial charge on any atom is -0.376 e. The number of hydrogen-bond donors (Lipinski definition) is 1. The zero-order valence-electron chi connectivity index (χ0n) is 37.6. The highest BCUT2D eigenvalue weighted by Crippen LogP contribution is 2.56. The van der Waals surface area contributed by atoms with Crippen molar-refractivity contribution in [1.29, 1.82) is 0 Å². The van der Waals surface area contributed by atoms with Crippen molar-refractivity contribution in [3.05, 3.63) is 133 Å². The van der Waals surface area contributed by atoms with Gasteiger partial charge in [0.1, 0.15) is 28.4 Å². The third kappa shape index (κ3) is 5.98. The smallest absolute Gasteiger partial charge is 0.376 e. The van der Waals surface area contributed by atoms with Crippen LogP contribution in [0.5, 0.6) is 0 Å². The molecule has 9 heterocycles. The average molecular weight is 914 g/mol. The summed E-state index contributed by atoms with van der Waals surface area (Å²) in [4.78, 5) is 52.6. The first kappa shape index (κ1) is 41.4. The molecule has 12 rings (SSSR count). The second-order valence-corrected chi connectivity index (χ2v) is 19.5. The van der Waals surface area contributed by atoms with E-state index in [1.165, 1.54) is 34.9 Å². The summed E-state index contributed by atoms with van der Waals surface area (Å²) in [6.45, 7) is 10.1. The van der Waals surface area contributed by atoms with Gasteiger partial charge in [-0.15, -0.1) is 0 Å². The lowest BCUT2D eigenvalue weighted by Crippen LogP contribution is -2.43. The Bertz CT molecular complexity index is 3510. The van der Waals surface area contributed by atoms with Crippen LogP contribution in [0.4, 0.5) is 13.2 Å². The van der Waals surface area contributed by atoms with Crippen LogP contribution >= 0.6 is 0 Å². The van der Waals surface area contributed by atoms with Gasteiger partial charge in [0, 0.05) is 67.1 Å². The number of fused-ring (bicyclic) bond motifs is 6. The van der Waals surface area contributed by atoms with Gasteiger partial charge in [-0.25, -0.2) is 27.4 Å². The van der Waals surface area contributed by atoms with Gasteiger partial charge < -0.3 is 14.2 Å². The topological polar surface area (TPSA) is 169 Å². The van der Waals surface area contributed by atoms with Crippen LogP contribution in [-0.4, -0.2) is 77.4 Å². The van der Waals surface area contributed by atoms with E-state index in [0.29, 0.717) is 77.4 Å². The van der Waals surface area contributed by atoms with Crippen molar-refractivity contribution < 1.29 is 27.2 Å². The number of halogens is 3. The summed E-state index contributed by atoms with van der Waals surface area (Å²) in [5.74, 6) is -2.24. The summed E-state index contributed by atoms with van der Waals surface area (Å²) in [7, 11) is 1.50. The van der Waals surface area contributed by atoms with Gasteiger partial charge in [0.05, 0.1) is 52.0 Å². The molecule has 1 N–H and O–H groups in total. The van der Waals surface area contributed by atoms with E-state index in [0.717, 1.165) is 34.6 Å². The molecule has 2 bridgehead atoms. The van der Waals surface area contributed by atoms with E-state index >= 15 is 18.0 Å². The summed E-state index contributed by atoms with van der Waals surface area (Å²) < 4.78 is 65.2. The van der Waals surface area contributed by atoms with Crippen molar-refractivity contribution in [2.75, 3.05) is 6.61 Å². The molecule has 67 heavy (non-hydrogen) atoms. The predicted molar refractivity (Wildman–Crippen MR) is 237 cm³/mol. The molecule has 2 saturated heterocycles. The maximum Gasteiger partial charge on any atom is 0.438 e. The molecule has 4 aliphatic rings. The van der Waals surface area contributed by atoms with Crippen molar-refractivity contribution in [3.8, 4) is 17.2 Å². The van der Waals surface area contributed by atoms with Crippen LogP contribution < -0.4 is 11.4 Å². The molecular weight excluding hydrogens is 868 g/mol. The highest BCUT2D eigenvalue weighted by molar-refractivity contribution is 6.00. The predicted octanol–water partition coefficient (Wildman–Crippen LogP) is 7.12. The number of amides is 1. The highest BCUT2D eigenvalue weighted by Gasteiger charge is 2.60. The fourth-order valence-corrected chi connectivity index (χ4v) is 11.6. The molecule has 16 nitrogen and oxygen atoms in total. The minimum atomic E-state index is -0.916. The van der Waals surface area contributed by atoms with Crippen LogP contribution in [-0.2, 0) is 23.7 Å². The molecule has 1 aliphatic carbocycles. The SMILES string of the molecule is Cc1cc(-n2nc3c(c2-n2ccn(-c4cc(F)c5c(cnn5C)c4F)c2=O)[C@@H]2CC[C@H](C3)N2C(=O)c2cc3cc([C@H]4CCOC(C)(C)C4)ncc3n2[C@@]2(c3noc(=O)[nH]3)C[C@@H]2C)cc(C)c1F. The lowest BCUT2D eigenvalue weighted by Gasteiger charge is -2.35. The van der Waals surface area contributed by atoms with Crippen molar-refractivity contribution in [1.82, 2.24) is 53.3 Å². The van der Waals surface area contributed by atoms with Crippen molar-refractivity contribution in [3.63, 3.8) is 0 Å². The number of hydrogen-bond acceptors (Lipinski definition) is 9. The number of imidazole rings is 1. The zero-order chi connectivity index (χ0) is 46.6. The molecule has 0 spiro atoms. The molecule has 8 aromatic rings. The molecule has 2 aromatic carbocycles. The van der Waals surface area contributed by atoms with Gasteiger partial charge in [0.15, 0.2) is 17.5 Å². The van der Waals surface area contributed by atoms with Crippen molar-refractivity contribution in [2.45, 2.75) is 102 Å². The second-order valence-electron chi connectivity index (χ2n) is 19.5. The summed E-state index contributed by atoms with van der Waals surface area (Å²) in [6, 6.07) is 7.34. The molecule has 344 valence electrons. The highest BCUT2D eigenvalue weighted by atomic mass is 19.1. The first-order chi connectivity index (χ1) is 32.0. The molecule has 5 atom stereocenters. The monoisotopic (exact) mass is 913 g/mol. The molecule has 1 amide bonds. The van der Waals surface area contributed by atoms with Crippen LogP contribution in [0.15, 0.2) is 69.2 Å². The quantitative estimate of drug-likeness (QED) is 0.175. The Morgan fingerprint density at radius 1 is 0.940 bits per heavy atom. The van der Waals surface area contributed by atoms with Gasteiger partial charge in [-0.1, -0.05) is 12.1 Å². The molecule has 3 fully saturated rings. The number of carbonyl (C=O) groups is 1. The third-order valence-electron chi connectivity index (χ3n) is 14.9. The lowest BCUT2D eigenvalue weighted by molar-refractivity contribution is -0.0597. The van der Waals surface area contributed by atoms with E-state index in [9.17, 15) is 9.59 Å². The molecule has 0 radical (unpaired) electrons. The van der Waals surface area contributed by atoms with E-state index in [1.54, 1.807) is 30.7 Å². The lowest BCUT2D eigenvalue weighted by atomic mass is 9.86. The van der Waals surface area contributed by atoms with Gasteiger partial charge in [0.25, 0.3) is 5.91 Å². The second kappa shape index (κ2) is 14.2. The largest absolute Gasteiger partial charge is 0.438 e. The summed E-state index contributed by atoms with van der Waals surface area (Å²) in [5.41, 5.74) is 2.14. The van der Waals surface area contributed by atoms with Crippen LogP contribution in [0.25, 0.3) is 39.0 Å². The van der Waals surface area contributed by atoms with E-state index in [4.69, 9.17) is 19.3 Å². The molecule has 3 aliphatic heterocycles. The van der Waals surface area contributed by atoms with E-state index in [-0.39, 0.29) is 57.6 Å². The standard InChI is InChI=1S/C48H46F3N11O5/c1-23-13-29(14-24(2)39(23)50)62-42(59-11-10-58(46(59)65)35-18-31(49)41-30(40(35)51)21-53-57(41)6)38-33(55-62)17-28-7-8-34(38)60(28)43(63)36-16-27-15-32(26-9-12-66-47(4,5)20-26)52-22-37(27)61(36)48(19-25(48)3)44-54-45(64)67-56-44/h10-11,13-16,18,21-22,25-26,28,34H,7-9,12,17,19-20H2,1-6H3,(H,54,56,64)/t25-,26-,28+,34-,48-/m0/s1. The Morgan fingerprint density at radius 2 is 1.70 bits per heavy atom. The fourth-order valence-electron chi connectivity index (χ4n) is 11.6. The third-order valence-corrected chi connectivity index (χ3v) is 14.9. The van der Waals surface area contributed by atoms with Crippen LogP contribution in [0, 0.1) is 37.2 Å². The minimum absolute atomic E-state index is 0.0426. The Kier molecular flexibility index (Phi) is 8.80. The van der Waals surface area contributed by atoms with Crippen molar-refractivity contribution >= 4 is 27.7 Å². The number of nitrogens with one attached hydrogen (secondary N) is 1. The zero-order valence-corrected chi connectivity index (χ0v) is 37.6. The molecule has 1 saturated carbocycles. The number of aryl methyl sites for hydroxylation is 3. The van der Waals surface area contributed by atoms with Gasteiger partial charge in [0.2, 0.25) is 0 Å². The number of nitrogens with zero attached hydrogens (tertiary/aromatic N) is 10. The number of carbonyl (C=O) groups excluding carboxylic acids is 1. The Labute approximate surface area is 379 Å². The number of pyridine rings is 1. The fraction of sp³-hybridized carbons (Fsp3) is 0.396. The van der Waals surface area contributed by atoms with Gasteiger partial charge >= 0.3 is 11.4 Å². The number of H-pyrrole nitrogens is 1.